The number of aromatic nitrogens is 3. The van der Waals surface area contributed by atoms with Crippen molar-refractivity contribution >= 4 is 17.7 Å². The molecule has 2 aromatic carbocycles. The predicted molar refractivity (Wildman–Crippen MR) is 129 cm³/mol. The van der Waals surface area contributed by atoms with Crippen molar-refractivity contribution in [2.75, 3.05) is 0 Å². The van der Waals surface area contributed by atoms with Crippen LogP contribution in [0.4, 0.5) is 0 Å². The zero-order valence-electron chi connectivity index (χ0n) is 18.5. The van der Waals surface area contributed by atoms with E-state index in [1.54, 1.807) is 6.26 Å². The van der Waals surface area contributed by atoms with E-state index in [1.165, 1.54) is 22.9 Å². The third-order valence-corrected chi connectivity index (χ3v) is 7.06. The van der Waals surface area contributed by atoms with Gasteiger partial charge in [0.1, 0.15) is 0 Å². The lowest BCUT2D eigenvalue weighted by Gasteiger charge is -2.27. The third-order valence-electron chi connectivity index (χ3n) is 5.98. The van der Waals surface area contributed by atoms with Crippen molar-refractivity contribution in [2.24, 2.45) is 0 Å². The van der Waals surface area contributed by atoms with Crippen LogP contribution in [-0.2, 0) is 17.8 Å². The maximum Gasteiger partial charge on any atom is 0.233 e. The first kappa shape index (κ1) is 21.5. The van der Waals surface area contributed by atoms with E-state index in [0.717, 1.165) is 24.8 Å². The van der Waals surface area contributed by atoms with Crippen molar-refractivity contribution in [2.45, 2.75) is 49.2 Å². The first-order valence-corrected chi connectivity index (χ1v) is 12.1. The SMILES string of the molecule is C[C@H](Sc1nnc(-c2ccco2)n1Cc1ccccc1)C(=O)N[C@H]1CCCc2ccccc21. The number of furan rings is 1. The van der Waals surface area contributed by atoms with E-state index >= 15 is 0 Å². The topological polar surface area (TPSA) is 73.0 Å². The molecule has 168 valence electrons. The molecular weight excluding hydrogens is 432 g/mol. The van der Waals surface area contributed by atoms with E-state index in [9.17, 15) is 4.79 Å². The van der Waals surface area contributed by atoms with Gasteiger partial charge in [0, 0.05) is 0 Å². The molecule has 0 unspecified atom stereocenters. The molecule has 1 aliphatic carbocycles. The summed E-state index contributed by atoms with van der Waals surface area (Å²) in [5.41, 5.74) is 3.70. The average molecular weight is 459 g/mol. The van der Waals surface area contributed by atoms with Crippen LogP contribution in [0.5, 0.6) is 0 Å². The number of nitrogens with zero attached hydrogens (tertiary/aromatic N) is 3. The fraction of sp³-hybridized carbons (Fsp3) is 0.269. The highest BCUT2D eigenvalue weighted by atomic mass is 32.2. The van der Waals surface area contributed by atoms with E-state index < -0.39 is 0 Å². The smallest absolute Gasteiger partial charge is 0.233 e. The van der Waals surface area contributed by atoms with E-state index in [0.29, 0.717) is 23.3 Å². The van der Waals surface area contributed by atoms with Crippen molar-refractivity contribution < 1.29 is 9.21 Å². The van der Waals surface area contributed by atoms with Crippen molar-refractivity contribution in [3.63, 3.8) is 0 Å². The lowest BCUT2D eigenvalue weighted by molar-refractivity contribution is -0.121. The largest absolute Gasteiger partial charge is 0.461 e. The fourth-order valence-corrected chi connectivity index (χ4v) is 5.13. The highest BCUT2D eigenvalue weighted by Gasteiger charge is 2.26. The van der Waals surface area contributed by atoms with Crippen LogP contribution in [0, 0.1) is 0 Å². The first-order valence-electron chi connectivity index (χ1n) is 11.2. The molecule has 2 aromatic heterocycles. The van der Waals surface area contributed by atoms with Gasteiger partial charge in [-0.3, -0.25) is 9.36 Å². The molecule has 0 saturated carbocycles. The molecule has 0 fully saturated rings. The van der Waals surface area contributed by atoms with Gasteiger partial charge in [0.15, 0.2) is 10.9 Å². The maximum atomic E-state index is 13.1. The number of hydrogen-bond donors (Lipinski definition) is 1. The minimum atomic E-state index is -0.317. The summed E-state index contributed by atoms with van der Waals surface area (Å²) in [6.07, 6.45) is 4.75. The second-order valence-corrected chi connectivity index (χ2v) is 9.58. The molecule has 33 heavy (non-hydrogen) atoms. The summed E-state index contributed by atoms with van der Waals surface area (Å²) in [4.78, 5) is 13.1. The Morgan fingerprint density at radius 2 is 1.94 bits per heavy atom. The van der Waals surface area contributed by atoms with Crippen LogP contribution in [0.25, 0.3) is 11.6 Å². The Hall–Kier alpha value is -3.32. The normalized spacial score (nSPS) is 16.2. The van der Waals surface area contributed by atoms with Gasteiger partial charge in [0.05, 0.1) is 24.1 Å². The van der Waals surface area contributed by atoms with Gasteiger partial charge >= 0.3 is 0 Å². The number of rotatable bonds is 7. The molecule has 0 aliphatic heterocycles. The summed E-state index contributed by atoms with van der Waals surface area (Å²) >= 11 is 1.42. The van der Waals surface area contributed by atoms with Crippen LogP contribution >= 0.6 is 11.8 Å². The molecule has 1 aliphatic rings. The molecule has 7 heteroatoms. The van der Waals surface area contributed by atoms with E-state index in [1.807, 2.05) is 47.9 Å². The molecule has 1 N–H and O–H groups in total. The summed E-state index contributed by atoms with van der Waals surface area (Å²) in [6, 6.07) is 22.3. The van der Waals surface area contributed by atoms with Gasteiger partial charge in [-0.25, -0.2) is 0 Å². The number of benzene rings is 2. The van der Waals surface area contributed by atoms with Crippen molar-refractivity contribution in [1.82, 2.24) is 20.1 Å². The van der Waals surface area contributed by atoms with Crippen molar-refractivity contribution in [3.05, 3.63) is 89.7 Å². The Morgan fingerprint density at radius 1 is 1.12 bits per heavy atom. The number of carbonyl (C=O) groups is 1. The molecule has 0 spiro atoms. The minimum absolute atomic E-state index is 0.00973. The molecule has 1 amide bonds. The molecule has 2 atom stereocenters. The minimum Gasteiger partial charge on any atom is -0.461 e. The van der Waals surface area contributed by atoms with Gasteiger partial charge in [0.2, 0.25) is 11.7 Å². The number of thioether (sulfide) groups is 1. The van der Waals surface area contributed by atoms with Gasteiger partial charge in [-0.05, 0) is 55.0 Å². The number of amides is 1. The first-order chi connectivity index (χ1) is 16.2. The second kappa shape index (κ2) is 9.67. The monoisotopic (exact) mass is 458 g/mol. The average Bonchev–Trinajstić information content (AvgIpc) is 3.50. The van der Waals surface area contributed by atoms with Crippen LogP contribution < -0.4 is 5.32 Å². The quantitative estimate of drug-likeness (QED) is 0.383. The molecule has 0 bridgehead atoms. The van der Waals surface area contributed by atoms with Gasteiger partial charge in [-0.1, -0.05) is 66.4 Å². The summed E-state index contributed by atoms with van der Waals surface area (Å²) in [7, 11) is 0. The van der Waals surface area contributed by atoms with Gasteiger partial charge in [0.25, 0.3) is 0 Å². The van der Waals surface area contributed by atoms with Gasteiger partial charge in [-0.2, -0.15) is 0 Å². The number of carbonyl (C=O) groups excluding carboxylic acids is 1. The van der Waals surface area contributed by atoms with Gasteiger partial charge in [-0.15, -0.1) is 10.2 Å². The maximum absolute atomic E-state index is 13.1. The zero-order valence-corrected chi connectivity index (χ0v) is 19.3. The Labute approximate surface area is 197 Å². The number of hydrogen-bond acceptors (Lipinski definition) is 5. The zero-order chi connectivity index (χ0) is 22.6. The lowest BCUT2D eigenvalue weighted by atomic mass is 9.88. The predicted octanol–water partition coefficient (Wildman–Crippen LogP) is 5.26. The Kier molecular flexibility index (Phi) is 6.30. The molecule has 6 nitrogen and oxygen atoms in total. The second-order valence-electron chi connectivity index (χ2n) is 8.27. The Bertz CT molecular complexity index is 1220. The van der Waals surface area contributed by atoms with E-state index in [2.05, 4.69) is 45.8 Å². The van der Waals surface area contributed by atoms with Crippen LogP contribution in [0.15, 0.2) is 82.6 Å². The highest BCUT2D eigenvalue weighted by Crippen LogP contribution is 2.31. The van der Waals surface area contributed by atoms with Crippen LogP contribution in [0.1, 0.15) is 42.5 Å². The summed E-state index contributed by atoms with van der Waals surface area (Å²) in [6.45, 7) is 2.51. The van der Waals surface area contributed by atoms with Crippen LogP contribution in [0.2, 0.25) is 0 Å². The molecule has 5 rings (SSSR count). The Morgan fingerprint density at radius 3 is 2.76 bits per heavy atom. The van der Waals surface area contributed by atoms with Crippen LogP contribution in [-0.4, -0.2) is 25.9 Å². The molecule has 0 saturated heterocycles. The molecule has 0 radical (unpaired) electrons. The fourth-order valence-electron chi connectivity index (χ4n) is 4.28. The standard InChI is InChI=1S/C26H26N4O2S/c1-18(25(31)27-22-14-7-12-20-11-5-6-13-21(20)22)33-26-29-28-24(23-15-8-16-32-23)30(26)17-19-9-3-2-4-10-19/h2-6,8-11,13,15-16,18,22H,7,12,14,17H2,1H3,(H,27,31)/t18-,22-/m0/s1. The van der Waals surface area contributed by atoms with Crippen molar-refractivity contribution in [3.8, 4) is 11.6 Å². The third kappa shape index (κ3) is 4.73. The number of nitrogens with one attached hydrogen (secondary N) is 1. The van der Waals surface area contributed by atoms with Crippen molar-refractivity contribution in [1.29, 1.82) is 0 Å². The summed E-state index contributed by atoms with van der Waals surface area (Å²) in [5.74, 6) is 1.32. The summed E-state index contributed by atoms with van der Waals surface area (Å²) in [5, 5.41) is 12.4. The Balaban J connectivity index is 1.35. The number of aryl methyl sites for hydroxylation is 1. The molecule has 4 aromatic rings. The summed E-state index contributed by atoms with van der Waals surface area (Å²) < 4.78 is 7.60. The number of fused-ring (bicyclic) bond motifs is 1. The highest BCUT2D eigenvalue weighted by molar-refractivity contribution is 8.00. The van der Waals surface area contributed by atoms with E-state index in [4.69, 9.17) is 4.42 Å². The van der Waals surface area contributed by atoms with E-state index in [-0.39, 0.29) is 17.2 Å². The molecular formula is C26H26N4O2S. The molecule has 2 heterocycles. The van der Waals surface area contributed by atoms with Crippen LogP contribution in [0.3, 0.4) is 0 Å². The lowest BCUT2D eigenvalue weighted by Crippen LogP contribution is -2.36. The van der Waals surface area contributed by atoms with Gasteiger partial charge < -0.3 is 9.73 Å².